The van der Waals surface area contributed by atoms with Crippen LogP contribution in [0.2, 0.25) is 0 Å². The number of aromatic nitrogens is 2. The Kier molecular flexibility index (Phi) is 3.51. The SMILES string of the molecule is c1ccc(C2(N3CCCCC3)CCc3nnsc3C2)cc1. The standard InChI is InChI=1S/C17H21N3S/c1-3-7-14(8-4-1)17(20-11-5-2-6-12-20)10-9-15-16(13-17)21-19-18-15/h1,3-4,7-8H,2,5-6,9-13H2. The average Bonchev–Trinajstić information content (AvgIpc) is 3.03. The van der Waals surface area contributed by atoms with Crippen LogP contribution in [0.3, 0.4) is 0 Å². The van der Waals surface area contributed by atoms with Crippen molar-refractivity contribution < 1.29 is 0 Å². The van der Waals surface area contributed by atoms with Gasteiger partial charge in [-0.2, -0.15) is 0 Å². The molecule has 3 nitrogen and oxygen atoms in total. The maximum Gasteiger partial charge on any atom is 0.0789 e. The number of likely N-dealkylation sites (tertiary alicyclic amines) is 1. The lowest BCUT2D eigenvalue weighted by Crippen LogP contribution is -2.51. The van der Waals surface area contributed by atoms with Crippen LogP contribution in [0, 0.1) is 0 Å². The molecule has 0 N–H and O–H groups in total. The second kappa shape index (κ2) is 5.50. The average molecular weight is 299 g/mol. The van der Waals surface area contributed by atoms with Gasteiger partial charge in [-0.1, -0.05) is 41.2 Å². The number of aryl methyl sites for hydroxylation is 1. The van der Waals surface area contributed by atoms with Crippen LogP contribution in [0.5, 0.6) is 0 Å². The minimum atomic E-state index is 0.170. The van der Waals surface area contributed by atoms with E-state index in [1.54, 1.807) is 11.5 Å². The molecule has 2 aliphatic rings. The molecular formula is C17H21N3S. The summed E-state index contributed by atoms with van der Waals surface area (Å²) in [5, 5.41) is 4.31. The van der Waals surface area contributed by atoms with E-state index in [9.17, 15) is 0 Å². The Balaban J connectivity index is 1.76. The Morgan fingerprint density at radius 1 is 1.05 bits per heavy atom. The molecule has 1 aliphatic carbocycles. The van der Waals surface area contributed by atoms with E-state index in [2.05, 4.69) is 44.8 Å². The van der Waals surface area contributed by atoms with Crippen LogP contribution >= 0.6 is 11.5 Å². The molecule has 0 amide bonds. The van der Waals surface area contributed by atoms with E-state index >= 15 is 0 Å². The predicted molar refractivity (Wildman–Crippen MR) is 85.5 cm³/mol. The topological polar surface area (TPSA) is 29.0 Å². The third-order valence-corrected chi connectivity index (χ3v) is 5.90. The van der Waals surface area contributed by atoms with Crippen molar-refractivity contribution in [2.75, 3.05) is 13.1 Å². The summed E-state index contributed by atoms with van der Waals surface area (Å²) in [4.78, 5) is 4.14. The Bertz CT molecular complexity index is 604. The van der Waals surface area contributed by atoms with Crippen LogP contribution in [0.25, 0.3) is 0 Å². The molecule has 1 fully saturated rings. The Labute approximate surface area is 130 Å². The summed E-state index contributed by atoms with van der Waals surface area (Å²) in [6, 6.07) is 11.1. The fourth-order valence-electron chi connectivity index (χ4n) is 4.00. The highest BCUT2D eigenvalue weighted by Gasteiger charge is 2.42. The molecule has 1 aromatic carbocycles. The smallest absolute Gasteiger partial charge is 0.0789 e. The summed E-state index contributed by atoms with van der Waals surface area (Å²) in [6.07, 6.45) is 7.39. The molecule has 4 heteroatoms. The highest BCUT2D eigenvalue weighted by molar-refractivity contribution is 7.05. The minimum Gasteiger partial charge on any atom is -0.293 e. The van der Waals surface area contributed by atoms with Crippen LogP contribution in [0.1, 0.15) is 41.8 Å². The molecule has 2 aromatic rings. The number of hydrogen-bond donors (Lipinski definition) is 0. The van der Waals surface area contributed by atoms with Crippen molar-refractivity contribution in [1.29, 1.82) is 0 Å². The van der Waals surface area contributed by atoms with Gasteiger partial charge in [0.05, 0.1) is 16.1 Å². The molecular weight excluding hydrogens is 278 g/mol. The Hall–Kier alpha value is -1.26. The first-order valence-corrected chi connectivity index (χ1v) is 8.76. The second-order valence-corrected chi connectivity index (χ2v) is 7.10. The first kappa shape index (κ1) is 13.4. The van der Waals surface area contributed by atoms with E-state index in [4.69, 9.17) is 0 Å². The number of hydrogen-bond acceptors (Lipinski definition) is 4. The zero-order valence-electron chi connectivity index (χ0n) is 12.3. The van der Waals surface area contributed by atoms with E-state index in [-0.39, 0.29) is 5.54 Å². The van der Waals surface area contributed by atoms with Crippen LogP contribution in [0.15, 0.2) is 30.3 Å². The van der Waals surface area contributed by atoms with E-state index in [1.165, 1.54) is 54.9 Å². The Morgan fingerprint density at radius 3 is 2.67 bits per heavy atom. The van der Waals surface area contributed by atoms with Crippen LogP contribution in [0.4, 0.5) is 0 Å². The summed E-state index contributed by atoms with van der Waals surface area (Å²) in [5.74, 6) is 0. The van der Waals surface area contributed by atoms with Gasteiger partial charge in [0, 0.05) is 6.42 Å². The first-order chi connectivity index (χ1) is 10.4. The van der Waals surface area contributed by atoms with Crippen molar-refractivity contribution in [2.24, 2.45) is 0 Å². The fourth-order valence-corrected chi connectivity index (χ4v) is 4.79. The van der Waals surface area contributed by atoms with Gasteiger partial charge in [0.25, 0.3) is 0 Å². The van der Waals surface area contributed by atoms with Crippen molar-refractivity contribution in [3.63, 3.8) is 0 Å². The molecule has 110 valence electrons. The van der Waals surface area contributed by atoms with Crippen molar-refractivity contribution >= 4 is 11.5 Å². The molecule has 1 unspecified atom stereocenters. The monoisotopic (exact) mass is 299 g/mol. The first-order valence-electron chi connectivity index (χ1n) is 7.99. The van der Waals surface area contributed by atoms with E-state index in [1.807, 2.05) is 0 Å². The number of fused-ring (bicyclic) bond motifs is 1. The maximum absolute atomic E-state index is 4.31. The van der Waals surface area contributed by atoms with E-state index in [0.29, 0.717) is 0 Å². The van der Waals surface area contributed by atoms with Crippen LogP contribution in [-0.2, 0) is 18.4 Å². The molecule has 0 spiro atoms. The molecule has 1 atom stereocenters. The zero-order valence-corrected chi connectivity index (χ0v) is 13.1. The third kappa shape index (κ3) is 2.30. The molecule has 1 saturated heterocycles. The third-order valence-electron chi connectivity index (χ3n) is 5.14. The largest absolute Gasteiger partial charge is 0.293 e. The van der Waals surface area contributed by atoms with Gasteiger partial charge in [0.2, 0.25) is 0 Å². The minimum absolute atomic E-state index is 0.170. The number of piperidine rings is 1. The van der Waals surface area contributed by atoms with Gasteiger partial charge in [0.15, 0.2) is 0 Å². The fraction of sp³-hybridized carbons (Fsp3) is 0.529. The predicted octanol–water partition coefficient (Wildman–Crippen LogP) is 3.41. The normalized spacial score (nSPS) is 26.5. The molecule has 0 bridgehead atoms. The lowest BCUT2D eigenvalue weighted by atomic mass is 9.75. The molecule has 0 saturated carbocycles. The number of rotatable bonds is 2. The summed E-state index contributed by atoms with van der Waals surface area (Å²) in [7, 11) is 0. The van der Waals surface area contributed by atoms with Crippen molar-refractivity contribution in [3.05, 3.63) is 46.5 Å². The highest BCUT2D eigenvalue weighted by atomic mass is 32.1. The summed E-state index contributed by atoms with van der Waals surface area (Å²) < 4.78 is 4.18. The molecule has 1 aromatic heterocycles. The van der Waals surface area contributed by atoms with Crippen LogP contribution in [-0.4, -0.2) is 27.6 Å². The van der Waals surface area contributed by atoms with Crippen molar-refractivity contribution in [3.8, 4) is 0 Å². The van der Waals surface area contributed by atoms with Gasteiger partial charge in [-0.15, -0.1) is 5.10 Å². The number of nitrogens with zero attached hydrogens (tertiary/aromatic N) is 3. The zero-order chi connectivity index (χ0) is 14.1. The molecule has 0 radical (unpaired) electrons. The van der Waals surface area contributed by atoms with Gasteiger partial charge in [-0.25, -0.2) is 0 Å². The van der Waals surface area contributed by atoms with Gasteiger partial charge >= 0.3 is 0 Å². The second-order valence-electron chi connectivity index (χ2n) is 6.26. The van der Waals surface area contributed by atoms with E-state index < -0.39 is 0 Å². The Morgan fingerprint density at radius 2 is 1.86 bits per heavy atom. The van der Waals surface area contributed by atoms with Gasteiger partial charge in [-0.05, 0) is 55.9 Å². The molecule has 1 aliphatic heterocycles. The summed E-state index contributed by atoms with van der Waals surface area (Å²) in [5.41, 5.74) is 2.89. The highest BCUT2D eigenvalue weighted by Crippen LogP contribution is 2.42. The maximum atomic E-state index is 4.31. The van der Waals surface area contributed by atoms with Crippen molar-refractivity contribution in [2.45, 2.75) is 44.1 Å². The van der Waals surface area contributed by atoms with Gasteiger partial charge in [0.1, 0.15) is 0 Å². The van der Waals surface area contributed by atoms with Gasteiger partial charge in [-0.3, -0.25) is 4.90 Å². The van der Waals surface area contributed by atoms with Crippen LogP contribution < -0.4 is 0 Å². The molecule has 4 rings (SSSR count). The molecule has 21 heavy (non-hydrogen) atoms. The number of benzene rings is 1. The van der Waals surface area contributed by atoms with Crippen molar-refractivity contribution in [1.82, 2.24) is 14.5 Å². The lowest BCUT2D eigenvalue weighted by Gasteiger charge is -2.48. The summed E-state index contributed by atoms with van der Waals surface area (Å²) >= 11 is 1.60. The molecule has 2 heterocycles. The van der Waals surface area contributed by atoms with Gasteiger partial charge < -0.3 is 0 Å². The van der Waals surface area contributed by atoms with E-state index in [0.717, 1.165) is 12.8 Å². The lowest BCUT2D eigenvalue weighted by molar-refractivity contribution is 0.0507. The summed E-state index contributed by atoms with van der Waals surface area (Å²) in [6.45, 7) is 2.47. The quantitative estimate of drug-likeness (QED) is 0.851.